The van der Waals surface area contributed by atoms with Gasteiger partial charge in [0, 0.05) is 42.4 Å². The normalized spacial score (nSPS) is 19.2. The number of ketones is 1. The third kappa shape index (κ3) is 4.14. The van der Waals surface area contributed by atoms with E-state index in [0.717, 1.165) is 47.6 Å². The van der Waals surface area contributed by atoms with Crippen LogP contribution in [0.5, 0.6) is 0 Å². The molecule has 0 aliphatic carbocycles. The van der Waals surface area contributed by atoms with Gasteiger partial charge in [-0.3, -0.25) is 14.8 Å². The van der Waals surface area contributed by atoms with Crippen LogP contribution in [0.4, 0.5) is 4.39 Å². The van der Waals surface area contributed by atoms with Crippen molar-refractivity contribution in [1.82, 2.24) is 9.88 Å². The Bertz CT molecular complexity index is 876. The van der Waals surface area contributed by atoms with Gasteiger partial charge in [0.2, 0.25) is 0 Å². The van der Waals surface area contributed by atoms with Gasteiger partial charge in [-0.25, -0.2) is 4.39 Å². The van der Waals surface area contributed by atoms with Crippen LogP contribution in [0, 0.1) is 11.7 Å². The minimum absolute atomic E-state index is 0.256. The number of fused-ring (bicyclic) bond motifs is 1. The maximum Gasteiger partial charge on any atom is 0.138 e. The highest BCUT2D eigenvalue weighted by atomic mass is 19.1. The predicted octanol–water partition coefficient (Wildman–Crippen LogP) is 3.42. The number of likely N-dealkylation sites (tertiary alicyclic amines) is 1. The Balaban J connectivity index is 1.38. The maximum absolute atomic E-state index is 13.1. The van der Waals surface area contributed by atoms with Crippen molar-refractivity contribution < 1.29 is 9.18 Å². The first-order valence-corrected chi connectivity index (χ1v) is 9.57. The Kier molecular flexibility index (Phi) is 5.12. The average molecular weight is 365 g/mol. The zero-order chi connectivity index (χ0) is 18.8. The highest BCUT2D eigenvalue weighted by Crippen LogP contribution is 2.24. The largest absolute Gasteiger partial charge is 0.306 e. The number of nitrogens with zero attached hydrogens (tertiary/aromatic N) is 3. The zero-order valence-corrected chi connectivity index (χ0v) is 15.6. The van der Waals surface area contributed by atoms with Crippen molar-refractivity contribution in [1.29, 1.82) is 0 Å². The smallest absolute Gasteiger partial charge is 0.138 e. The lowest BCUT2D eigenvalue weighted by molar-refractivity contribution is -0.118. The number of hydrogen-bond acceptors (Lipinski definition) is 4. The molecule has 5 heteroatoms. The van der Waals surface area contributed by atoms with Gasteiger partial charge in [0.15, 0.2) is 0 Å². The fourth-order valence-electron chi connectivity index (χ4n) is 4.01. The molecule has 4 nitrogen and oxygen atoms in total. The number of carbonyl (C=O) groups excluding carboxylic acids is 1. The van der Waals surface area contributed by atoms with Crippen LogP contribution < -0.4 is 0 Å². The summed E-state index contributed by atoms with van der Waals surface area (Å²) in [5.41, 5.74) is 4.62. The quantitative estimate of drug-likeness (QED) is 0.788. The minimum atomic E-state index is -0.256. The molecule has 1 aromatic heterocycles. The highest BCUT2D eigenvalue weighted by Gasteiger charge is 2.21. The molecule has 140 valence electrons. The van der Waals surface area contributed by atoms with Gasteiger partial charge in [0.05, 0.1) is 12.3 Å². The molecule has 1 fully saturated rings. The number of hydrogen-bond donors (Lipinski definition) is 0. The van der Waals surface area contributed by atoms with E-state index in [9.17, 15) is 9.18 Å². The standard InChI is InChI=1S/C22H24FN3O/c1-26-9-8-15(14-26)2-7-20(27)11-19-10-17-12-25-22(21(17)13-24-19)16-3-5-18(23)6-4-16/h3-6,10,13,15H,2,7-9,11-12,14H2,1H3/t15-/m0/s1. The Morgan fingerprint density at radius 2 is 2.11 bits per heavy atom. The van der Waals surface area contributed by atoms with E-state index >= 15 is 0 Å². The van der Waals surface area contributed by atoms with E-state index in [1.165, 1.54) is 18.6 Å². The summed E-state index contributed by atoms with van der Waals surface area (Å²) in [5.74, 6) is 0.655. The van der Waals surface area contributed by atoms with Crippen molar-refractivity contribution in [3.8, 4) is 0 Å². The van der Waals surface area contributed by atoms with Crippen molar-refractivity contribution in [2.45, 2.75) is 32.2 Å². The van der Waals surface area contributed by atoms with Crippen LogP contribution in [-0.2, 0) is 17.8 Å². The van der Waals surface area contributed by atoms with E-state index in [2.05, 4.69) is 21.9 Å². The van der Waals surface area contributed by atoms with E-state index in [1.54, 1.807) is 18.3 Å². The van der Waals surface area contributed by atoms with Crippen molar-refractivity contribution in [2.75, 3.05) is 20.1 Å². The number of pyridine rings is 1. The van der Waals surface area contributed by atoms with Gasteiger partial charge < -0.3 is 4.90 Å². The molecule has 0 bridgehead atoms. The fourth-order valence-corrected chi connectivity index (χ4v) is 4.01. The molecule has 0 unspecified atom stereocenters. The Hall–Kier alpha value is -2.40. The van der Waals surface area contributed by atoms with Crippen LogP contribution in [0.25, 0.3) is 0 Å². The number of benzene rings is 1. The lowest BCUT2D eigenvalue weighted by atomic mass is 9.98. The molecule has 0 saturated carbocycles. The summed E-state index contributed by atoms with van der Waals surface area (Å²) in [5, 5.41) is 0. The fraction of sp³-hybridized carbons (Fsp3) is 0.409. The summed E-state index contributed by atoms with van der Waals surface area (Å²) in [4.78, 5) is 23.8. The molecule has 27 heavy (non-hydrogen) atoms. The second kappa shape index (κ2) is 7.69. The molecule has 0 spiro atoms. The van der Waals surface area contributed by atoms with Gasteiger partial charge in [-0.1, -0.05) is 0 Å². The van der Waals surface area contributed by atoms with E-state index in [1.807, 2.05) is 6.07 Å². The second-order valence-corrected chi connectivity index (χ2v) is 7.68. The van der Waals surface area contributed by atoms with E-state index < -0.39 is 0 Å². The Labute approximate surface area is 159 Å². The van der Waals surface area contributed by atoms with E-state index in [-0.39, 0.29) is 11.6 Å². The molecular weight excluding hydrogens is 341 g/mol. The molecule has 1 aromatic carbocycles. The van der Waals surface area contributed by atoms with E-state index in [0.29, 0.717) is 25.3 Å². The molecule has 3 heterocycles. The zero-order valence-electron chi connectivity index (χ0n) is 15.6. The molecule has 2 aliphatic rings. The Morgan fingerprint density at radius 1 is 1.30 bits per heavy atom. The molecule has 4 rings (SSSR count). The van der Waals surface area contributed by atoms with Gasteiger partial charge in [0.1, 0.15) is 11.6 Å². The molecule has 0 radical (unpaired) electrons. The SMILES string of the molecule is CN1CC[C@H](CCC(=O)Cc2cc3c(cn2)C(c2ccc(F)cc2)=NC3)C1. The highest BCUT2D eigenvalue weighted by molar-refractivity contribution is 6.14. The molecule has 0 N–H and O–H groups in total. The third-order valence-electron chi connectivity index (χ3n) is 5.53. The molecule has 1 atom stereocenters. The third-order valence-corrected chi connectivity index (χ3v) is 5.53. The number of aromatic nitrogens is 1. The summed E-state index contributed by atoms with van der Waals surface area (Å²) in [6.07, 6.45) is 5.01. The first-order valence-electron chi connectivity index (χ1n) is 9.57. The number of Topliss-reactive ketones (excluding diaryl/α,β-unsaturated/α-hetero) is 1. The molecule has 2 aromatic rings. The van der Waals surface area contributed by atoms with Crippen LogP contribution in [0.2, 0.25) is 0 Å². The summed E-state index contributed by atoms with van der Waals surface area (Å²) in [6, 6.07) is 8.36. The van der Waals surface area contributed by atoms with Crippen molar-refractivity contribution in [2.24, 2.45) is 10.9 Å². The first kappa shape index (κ1) is 18.0. The predicted molar refractivity (Wildman–Crippen MR) is 104 cm³/mol. The van der Waals surface area contributed by atoms with Gasteiger partial charge in [-0.05, 0) is 68.2 Å². The summed E-state index contributed by atoms with van der Waals surface area (Å²) >= 11 is 0. The number of carbonyl (C=O) groups is 1. The summed E-state index contributed by atoms with van der Waals surface area (Å²) in [7, 11) is 2.14. The average Bonchev–Trinajstić information content (AvgIpc) is 3.26. The second-order valence-electron chi connectivity index (χ2n) is 7.68. The van der Waals surface area contributed by atoms with Crippen LogP contribution in [-0.4, -0.2) is 41.5 Å². The molecular formula is C22H24FN3O. The lowest BCUT2D eigenvalue weighted by Crippen LogP contribution is -2.15. The number of rotatable bonds is 6. The van der Waals surface area contributed by atoms with Gasteiger partial charge >= 0.3 is 0 Å². The molecule has 2 aliphatic heterocycles. The van der Waals surface area contributed by atoms with Crippen molar-refractivity contribution in [3.05, 3.63) is 64.7 Å². The summed E-state index contributed by atoms with van der Waals surface area (Å²) < 4.78 is 13.1. The van der Waals surface area contributed by atoms with Gasteiger partial charge in [0.25, 0.3) is 0 Å². The number of halogens is 1. The van der Waals surface area contributed by atoms with Crippen molar-refractivity contribution >= 4 is 11.5 Å². The van der Waals surface area contributed by atoms with Crippen LogP contribution >= 0.6 is 0 Å². The van der Waals surface area contributed by atoms with Crippen LogP contribution in [0.3, 0.4) is 0 Å². The molecule has 0 amide bonds. The van der Waals surface area contributed by atoms with Crippen molar-refractivity contribution in [3.63, 3.8) is 0 Å². The summed E-state index contributed by atoms with van der Waals surface area (Å²) in [6.45, 7) is 2.83. The Morgan fingerprint density at radius 3 is 2.85 bits per heavy atom. The topological polar surface area (TPSA) is 45.6 Å². The van der Waals surface area contributed by atoms with Crippen LogP contribution in [0.15, 0.2) is 41.5 Å². The minimum Gasteiger partial charge on any atom is -0.306 e. The van der Waals surface area contributed by atoms with Crippen LogP contribution in [0.1, 0.15) is 41.6 Å². The lowest BCUT2D eigenvalue weighted by Gasteiger charge is -2.10. The first-order chi connectivity index (χ1) is 13.1. The monoisotopic (exact) mass is 365 g/mol. The van der Waals surface area contributed by atoms with E-state index in [4.69, 9.17) is 0 Å². The van der Waals surface area contributed by atoms with Gasteiger partial charge in [-0.15, -0.1) is 0 Å². The maximum atomic E-state index is 13.1. The number of aliphatic imine (C=N–C) groups is 1. The van der Waals surface area contributed by atoms with Gasteiger partial charge in [-0.2, -0.15) is 0 Å². The molecule has 1 saturated heterocycles.